The summed E-state index contributed by atoms with van der Waals surface area (Å²) in [6.45, 7) is 3.65. The van der Waals surface area contributed by atoms with E-state index in [9.17, 15) is 18.0 Å². The fourth-order valence-corrected chi connectivity index (χ4v) is 5.39. The smallest absolute Gasteiger partial charge is 0.259 e. The third-order valence-electron chi connectivity index (χ3n) is 5.56. The van der Waals surface area contributed by atoms with Crippen LogP contribution in [0, 0.1) is 0 Å². The lowest BCUT2D eigenvalue weighted by Crippen LogP contribution is -2.48. The van der Waals surface area contributed by atoms with Crippen LogP contribution in [0.2, 0.25) is 0 Å². The van der Waals surface area contributed by atoms with Crippen molar-refractivity contribution in [3.8, 4) is 0 Å². The third kappa shape index (κ3) is 4.08. The normalized spacial score (nSPS) is 19.1. The van der Waals surface area contributed by atoms with E-state index in [2.05, 4.69) is 5.32 Å². The second-order valence-corrected chi connectivity index (χ2v) is 9.40. The van der Waals surface area contributed by atoms with Crippen LogP contribution < -0.4 is 10.2 Å². The number of fused-ring (bicyclic) bond motifs is 1. The first kappa shape index (κ1) is 21.5. The maximum absolute atomic E-state index is 13.4. The summed E-state index contributed by atoms with van der Waals surface area (Å²) in [6, 6.07) is 12.7. The highest BCUT2D eigenvalue weighted by molar-refractivity contribution is 7.89. The highest BCUT2D eigenvalue weighted by Crippen LogP contribution is 2.33. The number of benzene rings is 2. The van der Waals surface area contributed by atoms with E-state index in [0.29, 0.717) is 50.5 Å². The van der Waals surface area contributed by atoms with Gasteiger partial charge in [0.15, 0.2) is 0 Å². The Morgan fingerprint density at radius 2 is 1.74 bits per heavy atom. The summed E-state index contributed by atoms with van der Waals surface area (Å²) in [7, 11) is -3.64. The van der Waals surface area contributed by atoms with E-state index in [0.717, 1.165) is 5.56 Å². The average molecular weight is 444 g/mol. The number of anilines is 1. The molecule has 0 unspecified atom stereocenters. The van der Waals surface area contributed by atoms with Crippen molar-refractivity contribution in [1.29, 1.82) is 0 Å². The summed E-state index contributed by atoms with van der Waals surface area (Å²) in [5.41, 5.74) is 1.96. The quantitative estimate of drug-likeness (QED) is 0.754. The van der Waals surface area contributed by atoms with Gasteiger partial charge in [0.05, 0.1) is 18.1 Å². The van der Waals surface area contributed by atoms with Gasteiger partial charge < -0.3 is 10.1 Å². The number of rotatable bonds is 5. The predicted molar refractivity (Wildman–Crippen MR) is 115 cm³/mol. The van der Waals surface area contributed by atoms with E-state index in [-0.39, 0.29) is 16.7 Å². The summed E-state index contributed by atoms with van der Waals surface area (Å²) in [4.78, 5) is 27.6. The van der Waals surface area contributed by atoms with Gasteiger partial charge in [-0.2, -0.15) is 4.31 Å². The zero-order valence-corrected chi connectivity index (χ0v) is 18.1. The second-order valence-electron chi connectivity index (χ2n) is 7.46. The molecular weight excluding hydrogens is 418 g/mol. The molecule has 2 amide bonds. The molecule has 9 heteroatoms. The van der Waals surface area contributed by atoms with Crippen molar-refractivity contribution in [3.05, 3.63) is 59.7 Å². The lowest BCUT2D eigenvalue weighted by Gasteiger charge is -2.26. The Hall–Kier alpha value is -2.75. The molecule has 0 aromatic heterocycles. The number of nitrogens with one attached hydrogen (secondary N) is 1. The molecule has 2 aromatic rings. The van der Waals surface area contributed by atoms with Crippen LogP contribution in [0.1, 0.15) is 22.8 Å². The fourth-order valence-electron chi connectivity index (χ4n) is 3.98. The minimum absolute atomic E-state index is 0.132. The number of carbonyl (C=O) groups excluding carboxylic acids is 2. The monoisotopic (exact) mass is 443 g/mol. The van der Waals surface area contributed by atoms with Crippen molar-refractivity contribution < 1.29 is 22.7 Å². The fraction of sp³-hybridized carbons (Fsp3) is 0.364. The average Bonchev–Trinajstić information content (AvgIpc) is 3.19. The Bertz CT molecular complexity index is 1080. The van der Waals surface area contributed by atoms with E-state index in [4.69, 9.17) is 4.74 Å². The number of hydrogen-bond acceptors (Lipinski definition) is 5. The van der Waals surface area contributed by atoms with Crippen molar-refractivity contribution >= 4 is 27.5 Å². The molecule has 1 atom stereocenters. The zero-order chi connectivity index (χ0) is 22.0. The van der Waals surface area contributed by atoms with Gasteiger partial charge in [-0.25, -0.2) is 8.42 Å². The minimum atomic E-state index is -3.64. The largest absolute Gasteiger partial charge is 0.379 e. The number of morpholine rings is 1. The topological polar surface area (TPSA) is 96.0 Å². The van der Waals surface area contributed by atoms with Gasteiger partial charge in [-0.1, -0.05) is 18.2 Å². The van der Waals surface area contributed by atoms with Crippen LogP contribution in [0.4, 0.5) is 5.69 Å². The van der Waals surface area contributed by atoms with Crippen molar-refractivity contribution in [3.63, 3.8) is 0 Å². The lowest BCUT2D eigenvalue weighted by molar-refractivity contribution is -0.122. The third-order valence-corrected chi connectivity index (χ3v) is 7.47. The molecule has 8 nitrogen and oxygen atoms in total. The number of hydrogen-bond donors (Lipinski definition) is 1. The van der Waals surface area contributed by atoms with Crippen molar-refractivity contribution in [2.75, 3.05) is 37.7 Å². The Balaban J connectivity index is 1.61. The first-order valence-electron chi connectivity index (χ1n) is 10.3. The lowest BCUT2D eigenvalue weighted by atomic mass is 10.1. The molecule has 2 aliphatic heterocycles. The number of carbonyl (C=O) groups is 2. The molecule has 31 heavy (non-hydrogen) atoms. The number of sulfonamides is 1. The summed E-state index contributed by atoms with van der Waals surface area (Å²) in [6.07, 6.45) is 0.442. The Kier molecular flexibility index (Phi) is 6.08. The zero-order valence-electron chi connectivity index (χ0n) is 17.3. The Morgan fingerprint density at radius 1 is 1.06 bits per heavy atom. The number of nitrogens with zero attached hydrogens (tertiary/aromatic N) is 2. The molecule has 0 saturated carbocycles. The van der Waals surface area contributed by atoms with Crippen LogP contribution in [0.3, 0.4) is 0 Å². The van der Waals surface area contributed by atoms with Gasteiger partial charge >= 0.3 is 0 Å². The molecular formula is C22H25N3O5S. The molecule has 0 spiro atoms. The van der Waals surface area contributed by atoms with E-state index in [1.54, 1.807) is 0 Å². The van der Waals surface area contributed by atoms with E-state index < -0.39 is 16.1 Å². The highest BCUT2D eigenvalue weighted by Gasteiger charge is 2.38. The Labute approximate surface area is 181 Å². The summed E-state index contributed by atoms with van der Waals surface area (Å²) in [5.74, 6) is -0.546. The predicted octanol–water partition coefficient (Wildman–Crippen LogP) is 1.42. The van der Waals surface area contributed by atoms with Crippen LogP contribution in [0.5, 0.6) is 0 Å². The van der Waals surface area contributed by atoms with Crippen molar-refractivity contribution in [1.82, 2.24) is 9.62 Å². The molecule has 1 fully saturated rings. The van der Waals surface area contributed by atoms with Crippen molar-refractivity contribution in [2.24, 2.45) is 0 Å². The molecule has 0 aliphatic carbocycles. The molecule has 164 valence electrons. The van der Waals surface area contributed by atoms with Crippen LogP contribution in [0.15, 0.2) is 53.4 Å². The maximum Gasteiger partial charge on any atom is 0.259 e. The molecule has 0 bridgehead atoms. The molecule has 2 aromatic carbocycles. The summed E-state index contributed by atoms with van der Waals surface area (Å²) >= 11 is 0. The van der Waals surface area contributed by atoms with E-state index in [1.807, 2.05) is 31.2 Å². The number of amides is 2. The van der Waals surface area contributed by atoms with Crippen LogP contribution in [0.25, 0.3) is 0 Å². The van der Waals surface area contributed by atoms with Crippen molar-refractivity contribution in [2.45, 2.75) is 24.3 Å². The molecule has 1 N–H and O–H groups in total. The number of ether oxygens (including phenoxy) is 1. The molecule has 2 aliphatic rings. The first-order valence-corrected chi connectivity index (χ1v) is 11.7. The van der Waals surface area contributed by atoms with E-state index in [1.165, 1.54) is 33.5 Å². The van der Waals surface area contributed by atoms with Gasteiger partial charge in [0.1, 0.15) is 6.04 Å². The van der Waals surface area contributed by atoms with Gasteiger partial charge in [0, 0.05) is 37.3 Å². The summed E-state index contributed by atoms with van der Waals surface area (Å²) < 4.78 is 32.3. The van der Waals surface area contributed by atoms with Gasteiger partial charge in [0.2, 0.25) is 15.9 Å². The number of para-hydroxylation sites is 1. The Morgan fingerprint density at radius 3 is 2.42 bits per heavy atom. The van der Waals surface area contributed by atoms with Gasteiger partial charge in [0.25, 0.3) is 5.91 Å². The van der Waals surface area contributed by atoms with Gasteiger partial charge in [-0.05, 0) is 42.8 Å². The SMILES string of the molecule is CCNC(=O)[C@H]1Cc2ccccc2N1C(=O)c1ccc(S(=O)(=O)N2CCOCC2)cc1. The highest BCUT2D eigenvalue weighted by atomic mass is 32.2. The molecule has 4 rings (SSSR count). The number of likely N-dealkylation sites (N-methyl/N-ethyl adjacent to an activating group) is 1. The summed E-state index contributed by atoms with van der Waals surface area (Å²) in [5, 5.41) is 2.80. The molecule has 0 radical (unpaired) electrons. The molecule has 2 heterocycles. The second kappa shape index (κ2) is 8.78. The van der Waals surface area contributed by atoms with Crippen LogP contribution >= 0.6 is 0 Å². The van der Waals surface area contributed by atoms with Crippen LogP contribution in [-0.4, -0.2) is 63.4 Å². The van der Waals surface area contributed by atoms with Crippen LogP contribution in [-0.2, 0) is 26.0 Å². The first-order chi connectivity index (χ1) is 14.9. The van der Waals surface area contributed by atoms with Gasteiger partial charge in [-0.15, -0.1) is 0 Å². The maximum atomic E-state index is 13.4. The molecule has 1 saturated heterocycles. The van der Waals surface area contributed by atoms with E-state index >= 15 is 0 Å². The standard InChI is InChI=1S/C22H25N3O5S/c1-2-23-21(26)20-15-17-5-3-4-6-19(17)25(20)22(27)16-7-9-18(10-8-16)31(28,29)24-11-13-30-14-12-24/h3-10,20H,2,11-15H2,1H3,(H,23,26)/t20-/m1/s1. The minimum Gasteiger partial charge on any atom is -0.379 e. The van der Waals surface area contributed by atoms with Gasteiger partial charge in [-0.3, -0.25) is 14.5 Å².